The van der Waals surface area contributed by atoms with E-state index in [1.807, 2.05) is 31.2 Å². The van der Waals surface area contributed by atoms with Crippen molar-refractivity contribution >= 4 is 28.8 Å². The van der Waals surface area contributed by atoms with E-state index in [0.29, 0.717) is 4.99 Å². The Hall–Kier alpha value is -1.42. The third-order valence-corrected chi connectivity index (χ3v) is 4.28. The minimum Gasteiger partial charge on any atom is -0.392 e. The van der Waals surface area contributed by atoms with Gasteiger partial charge in [0.05, 0.1) is 10.4 Å². The maximum Gasteiger partial charge on any atom is 0.237 e. The minimum atomic E-state index is -0.655. The number of nitrogens with two attached hydrogens (primary N) is 1. The molecule has 1 aliphatic rings. The SMILES string of the molecule is Cc1cccc(NC(=O)C2(C(N)=S)CCCCC2)c1. The predicted molar refractivity (Wildman–Crippen MR) is 82.1 cm³/mol. The molecule has 19 heavy (non-hydrogen) atoms. The average molecular weight is 276 g/mol. The molecule has 1 aliphatic carbocycles. The summed E-state index contributed by atoms with van der Waals surface area (Å²) in [7, 11) is 0. The molecule has 1 amide bonds. The Bertz CT molecular complexity index is 493. The second-order valence-electron chi connectivity index (χ2n) is 5.33. The van der Waals surface area contributed by atoms with Gasteiger partial charge in [-0.25, -0.2) is 0 Å². The summed E-state index contributed by atoms with van der Waals surface area (Å²) in [4.78, 5) is 12.9. The number of benzene rings is 1. The Balaban J connectivity index is 2.19. The first-order chi connectivity index (χ1) is 9.04. The number of thiocarbonyl (C=S) groups is 1. The highest BCUT2D eigenvalue weighted by Gasteiger charge is 2.42. The van der Waals surface area contributed by atoms with Gasteiger partial charge in [-0.2, -0.15) is 0 Å². The first kappa shape index (κ1) is 14.0. The van der Waals surface area contributed by atoms with Crippen LogP contribution < -0.4 is 11.1 Å². The highest BCUT2D eigenvalue weighted by Crippen LogP contribution is 2.37. The Morgan fingerprint density at radius 2 is 2.00 bits per heavy atom. The van der Waals surface area contributed by atoms with Crippen LogP contribution in [0.1, 0.15) is 37.7 Å². The molecule has 0 radical (unpaired) electrons. The largest absolute Gasteiger partial charge is 0.392 e. The Morgan fingerprint density at radius 1 is 1.32 bits per heavy atom. The van der Waals surface area contributed by atoms with Gasteiger partial charge in [0.25, 0.3) is 0 Å². The van der Waals surface area contributed by atoms with Crippen LogP contribution in [0.15, 0.2) is 24.3 Å². The molecular formula is C15H20N2OS. The van der Waals surface area contributed by atoms with Crippen molar-refractivity contribution < 1.29 is 4.79 Å². The van der Waals surface area contributed by atoms with Gasteiger partial charge in [-0.1, -0.05) is 43.6 Å². The molecule has 0 aliphatic heterocycles. The quantitative estimate of drug-likeness (QED) is 0.834. The molecule has 2 rings (SSSR count). The van der Waals surface area contributed by atoms with E-state index in [1.54, 1.807) is 0 Å². The normalized spacial score (nSPS) is 17.7. The van der Waals surface area contributed by atoms with Gasteiger partial charge in [0.15, 0.2) is 0 Å². The molecule has 0 spiro atoms. The summed E-state index contributed by atoms with van der Waals surface area (Å²) < 4.78 is 0. The highest BCUT2D eigenvalue weighted by molar-refractivity contribution is 7.80. The number of nitrogens with one attached hydrogen (secondary N) is 1. The van der Waals surface area contributed by atoms with Gasteiger partial charge in [0.2, 0.25) is 5.91 Å². The number of anilines is 1. The molecule has 3 N–H and O–H groups in total. The maximum absolute atomic E-state index is 12.6. The number of carbonyl (C=O) groups excluding carboxylic acids is 1. The number of rotatable bonds is 3. The van der Waals surface area contributed by atoms with Crippen LogP contribution in [0.5, 0.6) is 0 Å². The Morgan fingerprint density at radius 3 is 2.58 bits per heavy atom. The van der Waals surface area contributed by atoms with E-state index < -0.39 is 5.41 Å². The van der Waals surface area contributed by atoms with Gasteiger partial charge < -0.3 is 11.1 Å². The fraction of sp³-hybridized carbons (Fsp3) is 0.467. The van der Waals surface area contributed by atoms with Crippen molar-refractivity contribution in [2.75, 3.05) is 5.32 Å². The molecule has 1 saturated carbocycles. The highest BCUT2D eigenvalue weighted by atomic mass is 32.1. The second-order valence-corrected chi connectivity index (χ2v) is 5.77. The average Bonchev–Trinajstić information content (AvgIpc) is 2.39. The molecule has 1 aromatic carbocycles. The third-order valence-electron chi connectivity index (χ3n) is 3.89. The number of amides is 1. The van der Waals surface area contributed by atoms with Crippen molar-refractivity contribution in [3.8, 4) is 0 Å². The molecule has 0 saturated heterocycles. The molecule has 0 aromatic heterocycles. The van der Waals surface area contributed by atoms with E-state index in [9.17, 15) is 4.79 Å². The summed E-state index contributed by atoms with van der Waals surface area (Å²) in [6.07, 6.45) is 4.71. The van der Waals surface area contributed by atoms with Crippen LogP contribution in [0.3, 0.4) is 0 Å². The molecule has 3 nitrogen and oxygen atoms in total. The predicted octanol–water partition coefficient (Wildman–Crippen LogP) is 3.17. The lowest BCUT2D eigenvalue weighted by Crippen LogP contribution is -2.47. The van der Waals surface area contributed by atoms with Crippen LogP contribution in [0, 0.1) is 12.3 Å². The van der Waals surface area contributed by atoms with E-state index in [4.69, 9.17) is 18.0 Å². The summed E-state index contributed by atoms with van der Waals surface area (Å²) in [5.74, 6) is -0.0506. The molecule has 0 unspecified atom stereocenters. The van der Waals surface area contributed by atoms with E-state index in [-0.39, 0.29) is 5.91 Å². The van der Waals surface area contributed by atoms with E-state index >= 15 is 0 Å². The first-order valence-electron chi connectivity index (χ1n) is 6.73. The number of hydrogen-bond acceptors (Lipinski definition) is 2. The molecule has 1 fully saturated rings. The van der Waals surface area contributed by atoms with Crippen LogP contribution in [-0.4, -0.2) is 10.9 Å². The molecule has 102 valence electrons. The van der Waals surface area contributed by atoms with Gasteiger partial charge in [-0.3, -0.25) is 4.79 Å². The van der Waals surface area contributed by atoms with Crippen LogP contribution in [-0.2, 0) is 4.79 Å². The van der Waals surface area contributed by atoms with Crippen molar-refractivity contribution in [2.45, 2.75) is 39.0 Å². The molecule has 1 aromatic rings. The summed E-state index contributed by atoms with van der Waals surface area (Å²) in [5.41, 5.74) is 7.13. The lowest BCUT2D eigenvalue weighted by molar-refractivity contribution is -0.123. The Kier molecular flexibility index (Phi) is 4.20. The molecular weight excluding hydrogens is 256 g/mol. The van der Waals surface area contributed by atoms with Crippen LogP contribution in [0.2, 0.25) is 0 Å². The lowest BCUT2D eigenvalue weighted by atomic mass is 9.73. The van der Waals surface area contributed by atoms with Crippen molar-refractivity contribution in [1.29, 1.82) is 0 Å². The fourth-order valence-electron chi connectivity index (χ4n) is 2.71. The topological polar surface area (TPSA) is 55.1 Å². The standard InChI is InChI=1S/C15H20N2OS/c1-11-6-5-7-12(10-11)17-14(18)15(13(16)19)8-3-2-4-9-15/h5-7,10H,2-4,8-9H2,1H3,(H2,16,19)(H,17,18). The summed E-state index contributed by atoms with van der Waals surface area (Å²) in [6, 6.07) is 7.77. The molecule has 0 heterocycles. The van der Waals surface area contributed by atoms with E-state index in [1.165, 1.54) is 0 Å². The summed E-state index contributed by atoms with van der Waals surface area (Å²) in [5, 5.41) is 2.97. The number of carbonyl (C=O) groups is 1. The second kappa shape index (κ2) is 5.70. The van der Waals surface area contributed by atoms with Gasteiger partial charge in [0.1, 0.15) is 0 Å². The smallest absolute Gasteiger partial charge is 0.237 e. The Labute approximate surface area is 119 Å². The van der Waals surface area contributed by atoms with Crippen molar-refractivity contribution in [3.63, 3.8) is 0 Å². The lowest BCUT2D eigenvalue weighted by Gasteiger charge is -2.34. The van der Waals surface area contributed by atoms with Crippen molar-refractivity contribution in [3.05, 3.63) is 29.8 Å². The van der Waals surface area contributed by atoms with Crippen LogP contribution in [0.25, 0.3) is 0 Å². The molecule has 0 atom stereocenters. The summed E-state index contributed by atoms with van der Waals surface area (Å²) in [6.45, 7) is 2.00. The number of hydrogen-bond donors (Lipinski definition) is 2. The van der Waals surface area contributed by atoms with Gasteiger partial charge in [-0.15, -0.1) is 0 Å². The van der Waals surface area contributed by atoms with Crippen LogP contribution >= 0.6 is 12.2 Å². The number of aryl methyl sites for hydroxylation is 1. The zero-order chi connectivity index (χ0) is 13.9. The van der Waals surface area contributed by atoms with Crippen molar-refractivity contribution in [1.82, 2.24) is 0 Å². The van der Waals surface area contributed by atoms with E-state index in [0.717, 1.165) is 43.4 Å². The zero-order valence-corrected chi connectivity index (χ0v) is 12.1. The molecule has 4 heteroatoms. The van der Waals surface area contributed by atoms with Gasteiger partial charge in [0, 0.05) is 5.69 Å². The third kappa shape index (κ3) is 2.95. The maximum atomic E-state index is 12.6. The fourth-order valence-corrected chi connectivity index (χ4v) is 3.01. The van der Waals surface area contributed by atoms with E-state index in [2.05, 4.69) is 5.32 Å². The van der Waals surface area contributed by atoms with Crippen LogP contribution in [0.4, 0.5) is 5.69 Å². The summed E-state index contributed by atoms with van der Waals surface area (Å²) >= 11 is 5.16. The first-order valence-corrected chi connectivity index (χ1v) is 7.13. The zero-order valence-electron chi connectivity index (χ0n) is 11.2. The monoisotopic (exact) mass is 276 g/mol. The minimum absolute atomic E-state index is 0.0506. The van der Waals surface area contributed by atoms with Gasteiger partial charge >= 0.3 is 0 Å². The van der Waals surface area contributed by atoms with Gasteiger partial charge in [-0.05, 0) is 37.5 Å². The molecule has 0 bridgehead atoms. The van der Waals surface area contributed by atoms with Crippen molar-refractivity contribution in [2.24, 2.45) is 11.1 Å².